The van der Waals surface area contributed by atoms with E-state index in [0.717, 1.165) is 77.0 Å². The van der Waals surface area contributed by atoms with Gasteiger partial charge in [-0.2, -0.15) is 0 Å². The maximum absolute atomic E-state index is 12.3. The van der Waals surface area contributed by atoms with Crippen molar-refractivity contribution in [2.45, 2.75) is 136 Å². The molecule has 0 spiro atoms. The van der Waals surface area contributed by atoms with Crippen molar-refractivity contribution in [1.29, 1.82) is 0 Å². The summed E-state index contributed by atoms with van der Waals surface area (Å²) in [7, 11) is -4.77. The number of unbranched alkanes of at least 4 members (excludes halogenated alkanes) is 7. The van der Waals surface area contributed by atoms with E-state index >= 15 is 0 Å². The van der Waals surface area contributed by atoms with E-state index in [0.29, 0.717) is 12.8 Å². The molecule has 0 amide bonds. The lowest BCUT2D eigenvalue weighted by Crippen LogP contribution is -2.29. The number of hydrogen-bond donors (Lipinski definition) is 2. The molecule has 0 rings (SSSR count). The molecular weight excluding hydrogens is 627 g/mol. The average Bonchev–Trinajstić information content (AvgIpc) is 3.05. The van der Waals surface area contributed by atoms with Gasteiger partial charge < -0.3 is 19.3 Å². The molecule has 0 radical (unpaired) electrons. The predicted octanol–water partition coefficient (Wildman–Crippen LogP) is 10.5. The molecule has 0 saturated carbocycles. The molecule has 0 aromatic rings. The van der Waals surface area contributed by atoms with Crippen molar-refractivity contribution in [1.82, 2.24) is 0 Å². The number of phosphoric acid groups is 1. The minimum Gasteiger partial charge on any atom is -0.462 e. The molecule has 2 N–H and O–H groups in total. The summed E-state index contributed by atoms with van der Waals surface area (Å²) in [5.74, 6) is -1.01. The first-order chi connectivity index (χ1) is 23.3. The summed E-state index contributed by atoms with van der Waals surface area (Å²) in [5.41, 5.74) is 0. The minimum absolute atomic E-state index is 0.136. The molecule has 0 aliphatic heterocycles. The number of rotatable bonds is 31. The van der Waals surface area contributed by atoms with Gasteiger partial charge in [0.1, 0.15) is 6.61 Å². The second-order valence-electron chi connectivity index (χ2n) is 11.5. The SMILES string of the molecule is CC/C=C/C/C=C/C/C=C/C/C=C/C/C=C/C/C=C/CCC(=O)OC[C@H](COP(=O)(O)O)OC(=O)CCCCCCC/C=C/CCCC. The monoisotopic (exact) mass is 690 g/mol. The third-order valence-corrected chi connectivity index (χ3v) is 7.40. The van der Waals surface area contributed by atoms with E-state index in [4.69, 9.17) is 19.3 Å². The lowest BCUT2D eigenvalue weighted by molar-refractivity contribution is -0.161. The maximum Gasteiger partial charge on any atom is 0.469 e. The maximum atomic E-state index is 12.3. The van der Waals surface area contributed by atoms with E-state index in [1.54, 1.807) is 0 Å². The lowest BCUT2D eigenvalue weighted by atomic mass is 10.1. The third kappa shape index (κ3) is 36.1. The van der Waals surface area contributed by atoms with Gasteiger partial charge in [-0.1, -0.05) is 131 Å². The Bertz CT molecular complexity index is 1050. The van der Waals surface area contributed by atoms with Gasteiger partial charge in [0.15, 0.2) is 6.10 Å². The summed E-state index contributed by atoms with van der Waals surface area (Å²) in [6.45, 7) is 3.42. The first-order valence-corrected chi connectivity index (χ1v) is 19.4. The van der Waals surface area contributed by atoms with Crippen LogP contribution >= 0.6 is 7.82 Å². The molecule has 0 saturated heterocycles. The number of ether oxygens (including phenoxy) is 2. The average molecular weight is 691 g/mol. The molecule has 0 aliphatic rings. The van der Waals surface area contributed by atoms with Crippen LogP contribution in [0.4, 0.5) is 0 Å². The van der Waals surface area contributed by atoms with Gasteiger partial charge >= 0.3 is 19.8 Å². The highest BCUT2D eigenvalue weighted by Gasteiger charge is 2.22. The molecule has 0 bridgehead atoms. The molecule has 0 aliphatic carbocycles. The number of carbonyl (C=O) groups excluding carboxylic acids is 2. The van der Waals surface area contributed by atoms with E-state index in [-0.39, 0.29) is 19.4 Å². The molecule has 0 unspecified atom stereocenters. The molecule has 0 aromatic heterocycles. The molecule has 48 heavy (non-hydrogen) atoms. The fourth-order valence-corrected chi connectivity index (χ4v) is 4.62. The Kier molecular flexibility index (Phi) is 32.1. The quantitative estimate of drug-likeness (QED) is 0.0319. The Labute approximate surface area is 291 Å². The minimum atomic E-state index is -4.77. The molecule has 1 atom stereocenters. The normalized spacial score (nSPS) is 13.5. The number of carbonyl (C=O) groups is 2. The highest BCUT2D eigenvalue weighted by Crippen LogP contribution is 2.35. The van der Waals surface area contributed by atoms with Crippen molar-refractivity contribution in [2.24, 2.45) is 0 Å². The Morgan fingerprint density at radius 3 is 1.58 bits per heavy atom. The lowest BCUT2D eigenvalue weighted by Gasteiger charge is -2.18. The summed E-state index contributed by atoms with van der Waals surface area (Å²) in [4.78, 5) is 42.5. The van der Waals surface area contributed by atoms with Crippen LogP contribution in [0.5, 0.6) is 0 Å². The van der Waals surface area contributed by atoms with Gasteiger partial charge in [0, 0.05) is 12.8 Å². The van der Waals surface area contributed by atoms with Crippen LogP contribution in [0, 0.1) is 0 Å². The molecule has 0 aromatic carbocycles. The molecule has 9 heteroatoms. The molecular formula is C39H63O8P. The van der Waals surface area contributed by atoms with Crippen LogP contribution in [0.1, 0.15) is 129 Å². The Morgan fingerprint density at radius 1 is 0.562 bits per heavy atom. The number of allylic oxidation sites excluding steroid dienone is 14. The van der Waals surface area contributed by atoms with Gasteiger partial charge in [0.2, 0.25) is 0 Å². The van der Waals surface area contributed by atoms with Gasteiger partial charge in [-0.15, -0.1) is 0 Å². The smallest absolute Gasteiger partial charge is 0.462 e. The zero-order valence-electron chi connectivity index (χ0n) is 29.6. The fourth-order valence-electron chi connectivity index (χ4n) is 4.26. The topological polar surface area (TPSA) is 119 Å². The zero-order valence-corrected chi connectivity index (χ0v) is 30.5. The Hall–Kier alpha value is -2.77. The van der Waals surface area contributed by atoms with E-state index < -0.39 is 32.5 Å². The van der Waals surface area contributed by atoms with E-state index in [2.05, 4.69) is 91.3 Å². The summed E-state index contributed by atoms with van der Waals surface area (Å²) in [6.07, 6.45) is 44.6. The summed E-state index contributed by atoms with van der Waals surface area (Å²) < 4.78 is 26.1. The van der Waals surface area contributed by atoms with Crippen molar-refractivity contribution in [3.05, 3.63) is 85.1 Å². The largest absolute Gasteiger partial charge is 0.469 e. The number of esters is 2. The summed E-state index contributed by atoms with van der Waals surface area (Å²) in [5, 5.41) is 0. The van der Waals surface area contributed by atoms with Crippen LogP contribution < -0.4 is 0 Å². The standard InChI is InChI=1S/C39H63O8P/c1-3-5-7-9-11-13-15-16-17-18-19-20-21-22-24-25-27-29-31-33-38(40)45-35-37(36-46-48(42,43)44)47-39(41)34-32-30-28-26-23-14-12-10-8-6-4-2/h5,7,10-13,16-17,19-20,22,24,27,29,37H,3-4,6,8-9,14-15,18,21,23,25-26,28,30-36H2,1-2H3,(H2,42,43,44)/b7-5+,12-10+,13-11+,17-16+,20-19+,24-22+,29-27+/t37-/m1/s1. The second kappa shape index (κ2) is 34.1. The highest BCUT2D eigenvalue weighted by atomic mass is 31.2. The van der Waals surface area contributed by atoms with Crippen molar-refractivity contribution >= 4 is 19.8 Å². The Morgan fingerprint density at radius 2 is 1.04 bits per heavy atom. The van der Waals surface area contributed by atoms with Gasteiger partial charge in [0.05, 0.1) is 6.61 Å². The van der Waals surface area contributed by atoms with Gasteiger partial charge in [0.25, 0.3) is 0 Å². The molecule has 8 nitrogen and oxygen atoms in total. The first-order valence-electron chi connectivity index (χ1n) is 17.9. The van der Waals surface area contributed by atoms with Crippen LogP contribution in [-0.4, -0.2) is 41.0 Å². The molecule has 0 heterocycles. The summed E-state index contributed by atoms with van der Waals surface area (Å²) >= 11 is 0. The van der Waals surface area contributed by atoms with Crippen LogP contribution in [-0.2, 0) is 28.2 Å². The van der Waals surface area contributed by atoms with Crippen molar-refractivity contribution in [3.63, 3.8) is 0 Å². The van der Waals surface area contributed by atoms with Crippen LogP contribution in [0.25, 0.3) is 0 Å². The van der Waals surface area contributed by atoms with Crippen LogP contribution in [0.2, 0.25) is 0 Å². The van der Waals surface area contributed by atoms with Crippen LogP contribution in [0.3, 0.4) is 0 Å². The van der Waals surface area contributed by atoms with Crippen molar-refractivity contribution in [2.75, 3.05) is 13.2 Å². The van der Waals surface area contributed by atoms with Gasteiger partial charge in [-0.05, 0) is 70.6 Å². The zero-order chi connectivity index (χ0) is 35.4. The molecule has 272 valence electrons. The van der Waals surface area contributed by atoms with E-state index in [1.807, 2.05) is 12.2 Å². The highest BCUT2D eigenvalue weighted by molar-refractivity contribution is 7.46. The molecule has 0 fully saturated rings. The van der Waals surface area contributed by atoms with Crippen LogP contribution in [0.15, 0.2) is 85.1 Å². The predicted molar refractivity (Wildman–Crippen MR) is 197 cm³/mol. The number of hydrogen-bond acceptors (Lipinski definition) is 6. The van der Waals surface area contributed by atoms with Gasteiger partial charge in [-0.3, -0.25) is 14.1 Å². The Balaban J connectivity index is 4.15. The summed E-state index contributed by atoms with van der Waals surface area (Å²) in [6, 6.07) is 0. The van der Waals surface area contributed by atoms with E-state index in [1.165, 1.54) is 12.8 Å². The van der Waals surface area contributed by atoms with Gasteiger partial charge in [-0.25, -0.2) is 4.57 Å². The fraction of sp³-hybridized carbons (Fsp3) is 0.590. The van der Waals surface area contributed by atoms with E-state index in [9.17, 15) is 14.2 Å². The van der Waals surface area contributed by atoms with Crippen molar-refractivity contribution < 1.29 is 37.9 Å². The van der Waals surface area contributed by atoms with Crippen molar-refractivity contribution in [3.8, 4) is 0 Å². The number of phosphoric ester groups is 1. The second-order valence-corrected chi connectivity index (χ2v) is 12.7. The first kappa shape index (κ1) is 45.2. The third-order valence-electron chi connectivity index (χ3n) is 6.91.